The molecule has 81 heavy (non-hydrogen) atoms. The average molecular weight is 1140 g/mol. The summed E-state index contributed by atoms with van der Waals surface area (Å²) in [5, 5.41) is 23.3. The van der Waals surface area contributed by atoms with Gasteiger partial charge in [0.2, 0.25) is 5.91 Å². The van der Waals surface area contributed by atoms with E-state index in [1.165, 1.54) is 366 Å². The van der Waals surface area contributed by atoms with Crippen LogP contribution in [0.4, 0.5) is 0 Å². The number of hydrogen-bond donors (Lipinski definition) is 3. The quantitative estimate of drug-likeness (QED) is 0.0320. The van der Waals surface area contributed by atoms with Gasteiger partial charge in [0.1, 0.15) is 0 Å². The normalized spacial score (nSPS) is 12.5. The third kappa shape index (κ3) is 67.6. The van der Waals surface area contributed by atoms with Gasteiger partial charge in [0.25, 0.3) is 0 Å². The van der Waals surface area contributed by atoms with Gasteiger partial charge in [-0.2, -0.15) is 0 Å². The number of hydrogen-bond acceptors (Lipinski definition) is 5. The largest absolute Gasteiger partial charge is 0.466 e. The molecule has 0 rings (SSSR count). The van der Waals surface area contributed by atoms with Gasteiger partial charge in [-0.25, -0.2) is 0 Å². The number of aliphatic hydroxyl groups excluding tert-OH is 2. The fraction of sp³-hybridized carbons (Fsp3) is 0.947. The molecule has 0 radical (unpaired) electrons. The van der Waals surface area contributed by atoms with Crippen molar-refractivity contribution in [3.05, 3.63) is 12.2 Å². The predicted octanol–water partition coefficient (Wildman–Crippen LogP) is 24.3. The lowest BCUT2D eigenvalue weighted by Gasteiger charge is -2.20. The number of nitrogens with one attached hydrogen (secondary N) is 1. The minimum atomic E-state index is -0.842. The van der Waals surface area contributed by atoms with E-state index in [-0.39, 0.29) is 18.5 Å². The highest BCUT2D eigenvalue weighted by atomic mass is 16.5. The predicted molar refractivity (Wildman–Crippen MR) is 357 cm³/mol. The van der Waals surface area contributed by atoms with Crippen LogP contribution in [0, 0.1) is 0 Å². The van der Waals surface area contributed by atoms with Crippen molar-refractivity contribution < 1.29 is 24.5 Å². The van der Waals surface area contributed by atoms with Crippen molar-refractivity contribution in [1.29, 1.82) is 0 Å². The second kappa shape index (κ2) is 71.1. The molecular formula is C75H147NO5. The molecule has 0 saturated carbocycles. The molecule has 0 spiro atoms. The molecular weight excluding hydrogens is 995 g/mol. The highest BCUT2D eigenvalue weighted by Gasteiger charge is 2.18. The average Bonchev–Trinajstić information content (AvgIpc) is 3.47. The van der Waals surface area contributed by atoms with Gasteiger partial charge in [-0.1, -0.05) is 398 Å². The summed E-state index contributed by atoms with van der Waals surface area (Å²) in [6.45, 7) is 4.96. The molecule has 2 atom stereocenters. The molecule has 1 amide bonds. The van der Waals surface area contributed by atoms with E-state index in [1.54, 1.807) is 6.08 Å². The standard InChI is InChI=1S/C75H147NO5/c1-3-5-7-9-11-13-15-17-19-20-21-31-34-37-40-43-47-51-55-59-63-67-73(78)72(71-77)76-74(79)68-64-60-56-52-48-44-41-38-35-32-29-27-25-23-22-24-26-28-30-33-36-39-42-46-50-54-58-62-66-70-81-75(80)69-65-61-57-53-49-45-18-16-14-12-10-8-6-4-2/h63,67,72-73,77-78H,3-62,64-66,68-71H2,1-2H3,(H,76,79)/b67-63+. The van der Waals surface area contributed by atoms with E-state index in [4.69, 9.17) is 4.74 Å². The van der Waals surface area contributed by atoms with Gasteiger partial charge in [-0.3, -0.25) is 9.59 Å². The Balaban J connectivity index is 3.35. The zero-order valence-electron chi connectivity index (χ0n) is 55.3. The molecule has 0 bridgehead atoms. The lowest BCUT2D eigenvalue weighted by Crippen LogP contribution is -2.45. The van der Waals surface area contributed by atoms with Crippen molar-refractivity contribution in [3.63, 3.8) is 0 Å². The van der Waals surface area contributed by atoms with Crippen LogP contribution >= 0.6 is 0 Å². The summed E-state index contributed by atoms with van der Waals surface area (Å²) in [6, 6.07) is -0.625. The fourth-order valence-electron chi connectivity index (χ4n) is 12.1. The maximum Gasteiger partial charge on any atom is 0.305 e. The fourth-order valence-corrected chi connectivity index (χ4v) is 12.1. The second-order valence-electron chi connectivity index (χ2n) is 26.0. The van der Waals surface area contributed by atoms with Gasteiger partial charge in [0.05, 0.1) is 25.4 Å². The molecule has 0 heterocycles. The minimum absolute atomic E-state index is 0.0225. The molecule has 0 aliphatic heterocycles. The zero-order chi connectivity index (χ0) is 58.5. The number of carbonyl (C=O) groups excluding carboxylic acids is 2. The Hall–Kier alpha value is -1.40. The van der Waals surface area contributed by atoms with Crippen LogP contribution in [0.2, 0.25) is 0 Å². The molecule has 482 valence electrons. The van der Waals surface area contributed by atoms with E-state index >= 15 is 0 Å². The van der Waals surface area contributed by atoms with Crippen LogP contribution in [0.3, 0.4) is 0 Å². The van der Waals surface area contributed by atoms with Gasteiger partial charge in [-0.15, -0.1) is 0 Å². The van der Waals surface area contributed by atoms with Crippen LogP contribution in [0.5, 0.6) is 0 Å². The van der Waals surface area contributed by atoms with Crippen molar-refractivity contribution in [2.75, 3.05) is 13.2 Å². The summed E-state index contributed by atoms with van der Waals surface area (Å²) in [6.07, 6.45) is 88.8. The van der Waals surface area contributed by atoms with Crippen LogP contribution in [0.1, 0.15) is 431 Å². The Morgan fingerprint density at radius 2 is 0.568 bits per heavy atom. The van der Waals surface area contributed by atoms with Gasteiger partial charge in [-0.05, 0) is 32.1 Å². The van der Waals surface area contributed by atoms with E-state index in [9.17, 15) is 19.8 Å². The van der Waals surface area contributed by atoms with Crippen LogP contribution in [-0.2, 0) is 14.3 Å². The van der Waals surface area contributed by atoms with Crippen molar-refractivity contribution in [2.45, 2.75) is 443 Å². The number of amides is 1. The first-order chi connectivity index (χ1) is 40.0. The summed E-state index contributed by atoms with van der Waals surface area (Å²) in [5.41, 5.74) is 0. The highest BCUT2D eigenvalue weighted by Crippen LogP contribution is 2.20. The van der Waals surface area contributed by atoms with Crippen LogP contribution in [0.15, 0.2) is 12.2 Å². The third-order valence-corrected chi connectivity index (χ3v) is 17.8. The third-order valence-electron chi connectivity index (χ3n) is 17.8. The zero-order valence-corrected chi connectivity index (χ0v) is 55.3. The first kappa shape index (κ1) is 79.6. The molecule has 0 fully saturated rings. The number of esters is 1. The molecule has 6 nitrogen and oxygen atoms in total. The summed E-state index contributed by atoms with van der Waals surface area (Å²) in [7, 11) is 0. The molecule has 3 N–H and O–H groups in total. The number of rotatable bonds is 71. The SMILES string of the molecule is CCCCCCCCCCCCCCCCCCCCC/C=C/C(O)C(CO)NC(=O)CCCCCCCCCCCCCCCCCCCCCCCCCCCCCCCOC(=O)CCCCCCCCCCCCCCCC. The molecule has 2 unspecified atom stereocenters. The van der Waals surface area contributed by atoms with E-state index in [0.717, 1.165) is 38.5 Å². The molecule has 0 aliphatic carbocycles. The summed E-state index contributed by atoms with van der Waals surface area (Å²) in [5.74, 6) is -0.0369. The van der Waals surface area contributed by atoms with Crippen LogP contribution in [0.25, 0.3) is 0 Å². The maximum atomic E-state index is 12.5. The first-order valence-electron chi connectivity index (χ1n) is 37.5. The van der Waals surface area contributed by atoms with E-state index in [0.29, 0.717) is 19.4 Å². The maximum absolute atomic E-state index is 12.5. The number of unbranched alkanes of at least 4 members (excludes halogenated alkanes) is 60. The molecule has 6 heteroatoms. The van der Waals surface area contributed by atoms with E-state index < -0.39 is 12.1 Å². The van der Waals surface area contributed by atoms with Gasteiger partial charge in [0.15, 0.2) is 0 Å². The van der Waals surface area contributed by atoms with Crippen molar-refractivity contribution in [3.8, 4) is 0 Å². The van der Waals surface area contributed by atoms with Gasteiger partial charge < -0.3 is 20.3 Å². The van der Waals surface area contributed by atoms with Crippen LogP contribution < -0.4 is 5.32 Å². The first-order valence-corrected chi connectivity index (χ1v) is 37.5. The van der Waals surface area contributed by atoms with E-state index in [2.05, 4.69) is 19.2 Å². The van der Waals surface area contributed by atoms with Gasteiger partial charge in [0, 0.05) is 12.8 Å². The Labute approximate surface area is 508 Å². The topological polar surface area (TPSA) is 95.9 Å². The lowest BCUT2D eigenvalue weighted by atomic mass is 10.0. The summed E-state index contributed by atoms with van der Waals surface area (Å²) < 4.78 is 5.50. The van der Waals surface area contributed by atoms with Gasteiger partial charge >= 0.3 is 5.97 Å². The molecule has 0 aromatic heterocycles. The highest BCUT2D eigenvalue weighted by molar-refractivity contribution is 5.76. The molecule has 0 aromatic carbocycles. The lowest BCUT2D eigenvalue weighted by molar-refractivity contribution is -0.143. The van der Waals surface area contributed by atoms with Crippen molar-refractivity contribution in [1.82, 2.24) is 5.32 Å². The molecule has 0 aromatic rings. The number of ether oxygens (including phenoxy) is 1. The van der Waals surface area contributed by atoms with E-state index in [1.807, 2.05) is 6.08 Å². The monoisotopic (exact) mass is 1140 g/mol. The Morgan fingerprint density at radius 1 is 0.333 bits per heavy atom. The van der Waals surface area contributed by atoms with Crippen molar-refractivity contribution in [2.24, 2.45) is 0 Å². The van der Waals surface area contributed by atoms with Crippen LogP contribution in [-0.4, -0.2) is 47.4 Å². The Kier molecular flexibility index (Phi) is 69.9. The second-order valence-corrected chi connectivity index (χ2v) is 26.0. The number of allylic oxidation sites excluding steroid dienone is 1. The number of aliphatic hydroxyl groups is 2. The Morgan fingerprint density at radius 3 is 0.840 bits per heavy atom. The summed E-state index contributed by atoms with van der Waals surface area (Å²) >= 11 is 0. The molecule has 0 aliphatic rings. The smallest absolute Gasteiger partial charge is 0.305 e. The summed E-state index contributed by atoms with van der Waals surface area (Å²) in [4.78, 5) is 24.6. The Bertz CT molecular complexity index is 1220. The number of carbonyl (C=O) groups is 2. The molecule has 0 saturated heterocycles. The van der Waals surface area contributed by atoms with Crippen molar-refractivity contribution >= 4 is 11.9 Å². The minimum Gasteiger partial charge on any atom is -0.466 e.